The normalized spacial score (nSPS) is 16.3. The second-order valence-corrected chi connectivity index (χ2v) is 4.74. The van der Waals surface area contributed by atoms with Crippen LogP contribution < -0.4 is 5.73 Å². The van der Waals surface area contributed by atoms with Gasteiger partial charge in [0.15, 0.2) is 5.78 Å². The van der Waals surface area contributed by atoms with Gasteiger partial charge in [0.2, 0.25) is 0 Å². The molecule has 0 atom stereocenters. The van der Waals surface area contributed by atoms with Crippen LogP contribution in [0.2, 0.25) is 0 Å². The number of thioether (sulfide) groups is 1. The lowest BCUT2D eigenvalue weighted by Crippen LogP contribution is -2.00. The molecule has 0 bridgehead atoms. The van der Waals surface area contributed by atoms with Crippen LogP contribution in [-0.4, -0.2) is 5.78 Å². The predicted molar refractivity (Wildman–Crippen MR) is 63.7 cm³/mol. The molecule has 0 amide bonds. The van der Waals surface area contributed by atoms with Gasteiger partial charge in [-0.2, -0.15) is 0 Å². The van der Waals surface area contributed by atoms with E-state index in [4.69, 9.17) is 5.73 Å². The molecule has 0 heterocycles. The molecule has 1 aliphatic rings. The minimum absolute atomic E-state index is 0.234. The van der Waals surface area contributed by atoms with E-state index in [9.17, 15) is 4.79 Å². The molecule has 0 saturated carbocycles. The molecule has 2 N–H and O–H groups in total. The Morgan fingerprint density at radius 3 is 2.73 bits per heavy atom. The molecule has 0 spiro atoms. The van der Waals surface area contributed by atoms with Crippen LogP contribution in [0.25, 0.3) is 0 Å². The van der Waals surface area contributed by atoms with Crippen LogP contribution >= 0.6 is 11.8 Å². The first-order chi connectivity index (χ1) is 7.25. The van der Waals surface area contributed by atoms with Crippen molar-refractivity contribution in [2.24, 2.45) is 0 Å². The molecular formula is C12H13NOS. The van der Waals surface area contributed by atoms with Crippen molar-refractivity contribution in [1.82, 2.24) is 0 Å². The molecule has 1 aliphatic carbocycles. The first-order valence-corrected chi connectivity index (χ1v) is 5.83. The molecule has 78 valence electrons. The van der Waals surface area contributed by atoms with E-state index >= 15 is 0 Å². The third-order valence-electron chi connectivity index (χ3n) is 2.33. The molecule has 1 aromatic carbocycles. The first kappa shape index (κ1) is 10.3. The quantitative estimate of drug-likeness (QED) is 0.777. The Hall–Kier alpha value is -1.22. The van der Waals surface area contributed by atoms with Crippen LogP contribution in [-0.2, 0) is 4.79 Å². The fraction of sp³-hybridized carbons (Fsp3) is 0.250. The lowest BCUT2D eigenvalue weighted by Gasteiger charge is -2.12. The molecule has 0 saturated heterocycles. The van der Waals surface area contributed by atoms with Crippen molar-refractivity contribution in [3.8, 4) is 0 Å². The maximum atomic E-state index is 11.2. The number of rotatable bonds is 2. The Kier molecular flexibility index (Phi) is 3.11. The Morgan fingerprint density at radius 2 is 2.00 bits per heavy atom. The van der Waals surface area contributed by atoms with Crippen molar-refractivity contribution in [1.29, 1.82) is 0 Å². The van der Waals surface area contributed by atoms with Crippen molar-refractivity contribution in [2.45, 2.75) is 24.2 Å². The smallest absolute Gasteiger partial charge is 0.156 e. The third kappa shape index (κ3) is 2.63. The van der Waals surface area contributed by atoms with Gasteiger partial charge in [-0.15, -0.1) is 0 Å². The molecule has 15 heavy (non-hydrogen) atoms. The molecule has 0 aromatic heterocycles. The molecule has 0 fully saturated rings. The Labute approximate surface area is 93.6 Å². The van der Waals surface area contributed by atoms with Crippen LogP contribution in [0.1, 0.15) is 19.3 Å². The lowest BCUT2D eigenvalue weighted by atomic mass is 10.1. The molecular weight excluding hydrogens is 206 g/mol. The topological polar surface area (TPSA) is 43.1 Å². The van der Waals surface area contributed by atoms with Crippen LogP contribution in [0.4, 0.5) is 5.69 Å². The van der Waals surface area contributed by atoms with Gasteiger partial charge in [0.1, 0.15) is 0 Å². The highest BCUT2D eigenvalue weighted by molar-refractivity contribution is 8.03. The number of carbonyl (C=O) groups excluding carboxylic acids is 1. The number of hydrogen-bond acceptors (Lipinski definition) is 3. The summed E-state index contributed by atoms with van der Waals surface area (Å²) in [6, 6.07) is 7.75. The Morgan fingerprint density at radius 1 is 1.20 bits per heavy atom. The second-order valence-electron chi connectivity index (χ2n) is 3.57. The van der Waals surface area contributed by atoms with Crippen LogP contribution in [0.5, 0.6) is 0 Å². The zero-order chi connectivity index (χ0) is 10.7. The highest BCUT2D eigenvalue weighted by atomic mass is 32.2. The predicted octanol–water partition coefficient (Wildman–Crippen LogP) is 3.00. The number of nitrogens with two attached hydrogens (primary N) is 1. The number of carbonyl (C=O) groups is 1. The number of ketones is 1. The van der Waals surface area contributed by atoms with Gasteiger partial charge in [-0.3, -0.25) is 4.79 Å². The summed E-state index contributed by atoms with van der Waals surface area (Å²) in [5, 5.41) is 0. The SMILES string of the molecule is Nc1ccccc1SC1=CC(=O)CCC1. The molecule has 2 rings (SSSR count). The van der Waals surface area contributed by atoms with E-state index in [0.29, 0.717) is 6.42 Å². The Balaban J connectivity index is 2.15. The van der Waals surface area contributed by atoms with Crippen molar-refractivity contribution in [2.75, 3.05) is 5.73 Å². The number of allylic oxidation sites excluding steroid dienone is 2. The van der Waals surface area contributed by atoms with Gasteiger partial charge in [0.05, 0.1) is 0 Å². The van der Waals surface area contributed by atoms with E-state index in [0.717, 1.165) is 28.3 Å². The molecule has 1 aromatic rings. The van der Waals surface area contributed by atoms with Crippen molar-refractivity contribution in [3.05, 3.63) is 35.2 Å². The van der Waals surface area contributed by atoms with Gasteiger partial charge in [-0.1, -0.05) is 23.9 Å². The zero-order valence-corrected chi connectivity index (χ0v) is 9.22. The minimum Gasteiger partial charge on any atom is -0.398 e. The summed E-state index contributed by atoms with van der Waals surface area (Å²) >= 11 is 1.61. The summed E-state index contributed by atoms with van der Waals surface area (Å²) in [4.78, 5) is 13.4. The molecule has 0 aliphatic heterocycles. The number of nitrogen functional groups attached to an aromatic ring is 1. The van der Waals surface area contributed by atoms with E-state index < -0.39 is 0 Å². The summed E-state index contributed by atoms with van der Waals surface area (Å²) in [6.45, 7) is 0. The average molecular weight is 219 g/mol. The first-order valence-electron chi connectivity index (χ1n) is 5.01. The minimum atomic E-state index is 0.234. The summed E-state index contributed by atoms with van der Waals surface area (Å²) in [7, 11) is 0. The highest BCUT2D eigenvalue weighted by Gasteiger charge is 2.11. The van der Waals surface area contributed by atoms with Crippen molar-refractivity contribution < 1.29 is 4.79 Å². The van der Waals surface area contributed by atoms with Crippen LogP contribution in [0.3, 0.4) is 0 Å². The lowest BCUT2D eigenvalue weighted by molar-refractivity contribution is -0.115. The summed E-state index contributed by atoms with van der Waals surface area (Å²) in [6.07, 6.45) is 4.39. The van der Waals surface area contributed by atoms with Crippen LogP contribution in [0, 0.1) is 0 Å². The fourth-order valence-corrected chi connectivity index (χ4v) is 2.61. The summed E-state index contributed by atoms with van der Waals surface area (Å²) < 4.78 is 0. The molecule has 0 unspecified atom stereocenters. The van der Waals surface area contributed by atoms with Gasteiger partial charge in [0.25, 0.3) is 0 Å². The Bertz CT molecular complexity index is 412. The number of para-hydroxylation sites is 1. The van der Waals surface area contributed by atoms with Gasteiger partial charge in [0, 0.05) is 17.0 Å². The van der Waals surface area contributed by atoms with Crippen LogP contribution in [0.15, 0.2) is 40.1 Å². The highest BCUT2D eigenvalue weighted by Crippen LogP contribution is 2.35. The zero-order valence-electron chi connectivity index (χ0n) is 8.40. The van der Waals surface area contributed by atoms with Gasteiger partial charge in [-0.25, -0.2) is 0 Å². The largest absolute Gasteiger partial charge is 0.398 e. The monoisotopic (exact) mass is 219 g/mol. The molecule has 3 heteroatoms. The standard InChI is InChI=1S/C12H13NOS/c13-11-6-1-2-7-12(11)15-10-5-3-4-9(14)8-10/h1-2,6-8H,3-5,13H2. The average Bonchev–Trinajstić information content (AvgIpc) is 2.22. The second kappa shape index (κ2) is 4.53. The van der Waals surface area contributed by atoms with E-state index in [2.05, 4.69) is 0 Å². The maximum absolute atomic E-state index is 11.2. The summed E-state index contributed by atoms with van der Waals surface area (Å²) in [5.74, 6) is 0.234. The van der Waals surface area contributed by atoms with Gasteiger partial charge >= 0.3 is 0 Å². The third-order valence-corrected chi connectivity index (χ3v) is 3.50. The number of hydrogen-bond donors (Lipinski definition) is 1. The van der Waals surface area contributed by atoms with Crippen molar-refractivity contribution in [3.63, 3.8) is 0 Å². The van der Waals surface area contributed by atoms with E-state index in [-0.39, 0.29) is 5.78 Å². The maximum Gasteiger partial charge on any atom is 0.156 e. The van der Waals surface area contributed by atoms with Crippen molar-refractivity contribution >= 4 is 23.2 Å². The summed E-state index contributed by atoms with van der Waals surface area (Å²) in [5.41, 5.74) is 6.62. The van der Waals surface area contributed by atoms with Gasteiger partial charge in [-0.05, 0) is 36.0 Å². The van der Waals surface area contributed by atoms with Gasteiger partial charge < -0.3 is 5.73 Å². The van der Waals surface area contributed by atoms with E-state index in [1.807, 2.05) is 24.3 Å². The molecule has 2 nitrogen and oxygen atoms in total. The number of benzene rings is 1. The van der Waals surface area contributed by atoms with E-state index in [1.54, 1.807) is 17.8 Å². The molecule has 0 radical (unpaired) electrons. The number of anilines is 1. The van der Waals surface area contributed by atoms with E-state index in [1.165, 1.54) is 0 Å². The fourth-order valence-electron chi connectivity index (χ4n) is 1.56.